The van der Waals surface area contributed by atoms with Crippen molar-refractivity contribution in [3.63, 3.8) is 0 Å². The molecule has 35 heavy (non-hydrogen) atoms. The third kappa shape index (κ3) is 4.70. The molecule has 0 aliphatic carbocycles. The molecular weight excluding hydrogens is 480 g/mol. The summed E-state index contributed by atoms with van der Waals surface area (Å²) >= 11 is 5.88. The lowest BCUT2D eigenvalue weighted by Gasteiger charge is -2.38. The van der Waals surface area contributed by atoms with Gasteiger partial charge < -0.3 is 25.5 Å². The summed E-state index contributed by atoms with van der Waals surface area (Å²) in [5.41, 5.74) is 1.01. The number of fused-ring (bicyclic) bond motifs is 2. The molecule has 3 saturated heterocycles. The highest BCUT2D eigenvalue weighted by Crippen LogP contribution is 2.39. The average Bonchev–Trinajstić information content (AvgIpc) is 3.29. The van der Waals surface area contributed by atoms with Crippen LogP contribution < -0.4 is 10.1 Å². The summed E-state index contributed by atoms with van der Waals surface area (Å²) in [4.78, 5) is 21.1. The molecule has 0 aromatic heterocycles. The minimum Gasteiger partial charge on any atom is -0.489 e. The van der Waals surface area contributed by atoms with Crippen molar-refractivity contribution in [1.82, 2.24) is 15.1 Å². The van der Waals surface area contributed by atoms with Gasteiger partial charge in [-0.1, -0.05) is 11.6 Å². The van der Waals surface area contributed by atoms with Crippen LogP contribution in [0.5, 0.6) is 5.75 Å². The highest BCUT2D eigenvalue weighted by atomic mass is 35.5. The largest absolute Gasteiger partial charge is 0.489 e. The Hall–Kier alpha value is -2.82. The molecule has 0 saturated carbocycles. The van der Waals surface area contributed by atoms with Crippen molar-refractivity contribution < 1.29 is 23.4 Å². The summed E-state index contributed by atoms with van der Waals surface area (Å²) in [5.74, 6) is -0.363. The monoisotopic (exact) mass is 505 g/mol. The molecule has 5 rings (SSSR count). The Labute approximate surface area is 206 Å². The lowest BCUT2D eigenvalue weighted by atomic mass is 9.99. The van der Waals surface area contributed by atoms with E-state index < -0.39 is 17.9 Å². The number of ether oxygens (including phenoxy) is 1. The number of aliphatic imine (C=N–C) groups is 1. The van der Waals surface area contributed by atoms with Gasteiger partial charge in [-0.25, -0.2) is 13.8 Å². The SMILES string of the molecule is N=C1CN(C(=O)c2ccc(F)cc2OC2CC3CC(F)C(C2)N3CCO)C/C1=C1\N=CC(Cl)=CN1. The molecule has 4 heterocycles. The maximum atomic E-state index is 14.5. The number of halogens is 3. The first-order valence-electron chi connectivity index (χ1n) is 11.6. The maximum absolute atomic E-state index is 14.5. The van der Waals surface area contributed by atoms with Gasteiger partial charge in [0.2, 0.25) is 0 Å². The van der Waals surface area contributed by atoms with Crippen LogP contribution in [0.1, 0.15) is 29.6 Å². The number of nitrogens with one attached hydrogen (secondary N) is 2. The molecule has 2 bridgehead atoms. The van der Waals surface area contributed by atoms with E-state index in [4.69, 9.17) is 21.7 Å². The van der Waals surface area contributed by atoms with Crippen LogP contribution in [-0.2, 0) is 0 Å². The number of aliphatic hydroxyl groups excluding tert-OH is 1. The number of allylic oxidation sites excluding steroid dienone is 1. The molecule has 186 valence electrons. The van der Waals surface area contributed by atoms with E-state index in [1.54, 1.807) is 6.20 Å². The Morgan fingerprint density at radius 2 is 2.14 bits per heavy atom. The lowest BCUT2D eigenvalue weighted by molar-refractivity contribution is 0.0285. The number of piperidine rings is 1. The van der Waals surface area contributed by atoms with E-state index in [0.717, 1.165) is 0 Å². The fourth-order valence-corrected chi connectivity index (χ4v) is 5.49. The van der Waals surface area contributed by atoms with Crippen LogP contribution in [0.3, 0.4) is 0 Å². The van der Waals surface area contributed by atoms with Gasteiger partial charge in [-0.3, -0.25) is 9.69 Å². The number of amides is 1. The predicted molar refractivity (Wildman–Crippen MR) is 127 cm³/mol. The van der Waals surface area contributed by atoms with Crippen molar-refractivity contribution in [1.29, 1.82) is 5.41 Å². The number of hydrogen-bond donors (Lipinski definition) is 3. The number of carbonyl (C=O) groups is 1. The summed E-state index contributed by atoms with van der Waals surface area (Å²) in [7, 11) is 0. The van der Waals surface area contributed by atoms with Gasteiger partial charge in [0.05, 0.1) is 36.0 Å². The molecule has 11 heteroatoms. The van der Waals surface area contributed by atoms with Gasteiger partial charge in [-0.2, -0.15) is 0 Å². The minimum atomic E-state index is -1.00. The van der Waals surface area contributed by atoms with Crippen LogP contribution >= 0.6 is 11.6 Å². The van der Waals surface area contributed by atoms with Gasteiger partial charge in [-0.15, -0.1) is 0 Å². The Bertz CT molecular complexity index is 1140. The van der Waals surface area contributed by atoms with E-state index in [9.17, 15) is 18.7 Å². The van der Waals surface area contributed by atoms with E-state index in [-0.39, 0.29) is 54.9 Å². The summed E-state index contributed by atoms with van der Waals surface area (Å²) in [6, 6.07) is 3.34. The molecule has 4 atom stereocenters. The first-order chi connectivity index (χ1) is 16.8. The number of alkyl halides is 1. The van der Waals surface area contributed by atoms with E-state index in [2.05, 4.69) is 10.3 Å². The molecule has 4 unspecified atom stereocenters. The first-order valence-corrected chi connectivity index (χ1v) is 11.9. The second-order valence-electron chi connectivity index (χ2n) is 9.18. The third-order valence-electron chi connectivity index (χ3n) is 6.97. The number of hydrogen-bond acceptors (Lipinski definition) is 7. The highest BCUT2D eigenvalue weighted by Gasteiger charge is 2.47. The standard InChI is InChI=1S/C24H26ClF2N5O3/c25-13-9-29-23(30-10-13)18-11-31(12-20(18)28)24(34)17-2-1-14(26)5-22(17)35-16-6-15-7-19(27)21(8-16)32(15)3-4-33/h1-2,5,9-10,15-16,19,21,28-29,33H,3-4,6-8,11-12H2/b23-18+,28-20?. The summed E-state index contributed by atoms with van der Waals surface area (Å²) in [6.45, 7) is 0.607. The van der Waals surface area contributed by atoms with E-state index in [0.29, 0.717) is 42.2 Å². The van der Waals surface area contributed by atoms with Crippen molar-refractivity contribution in [2.75, 3.05) is 26.2 Å². The fourth-order valence-electron chi connectivity index (χ4n) is 5.39. The summed E-state index contributed by atoms with van der Waals surface area (Å²) < 4.78 is 34.8. The van der Waals surface area contributed by atoms with E-state index in [1.807, 2.05) is 4.90 Å². The Morgan fingerprint density at radius 3 is 2.86 bits per heavy atom. The van der Waals surface area contributed by atoms with Crippen molar-refractivity contribution in [3.05, 3.63) is 52.2 Å². The zero-order valence-electron chi connectivity index (χ0n) is 18.9. The molecule has 1 amide bonds. The highest BCUT2D eigenvalue weighted by molar-refractivity contribution is 6.39. The second-order valence-corrected chi connectivity index (χ2v) is 9.62. The van der Waals surface area contributed by atoms with Crippen LogP contribution in [0.4, 0.5) is 8.78 Å². The molecule has 1 aromatic carbocycles. The lowest BCUT2D eigenvalue weighted by Crippen LogP contribution is -2.48. The van der Waals surface area contributed by atoms with Gasteiger partial charge in [-0.05, 0) is 18.6 Å². The van der Waals surface area contributed by atoms with Crippen molar-refractivity contribution in [2.45, 2.75) is 43.6 Å². The summed E-state index contributed by atoms with van der Waals surface area (Å²) in [5, 5.41) is 21.0. The third-order valence-corrected chi connectivity index (χ3v) is 7.18. The second kappa shape index (κ2) is 9.67. The molecule has 0 radical (unpaired) electrons. The zero-order valence-corrected chi connectivity index (χ0v) is 19.6. The van der Waals surface area contributed by atoms with Crippen LogP contribution in [0, 0.1) is 11.2 Å². The molecule has 4 aliphatic rings. The van der Waals surface area contributed by atoms with Crippen molar-refractivity contribution in [3.8, 4) is 5.75 Å². The van der Waals surface area contributed by atoms with Crippen molar-refractivity contribution >= 4 is 29.4 Å². The molecule has 4 aliphatic heterocycles. The van der Waals surface area contributed by atoms with Crippen LogP contribution in [0.2, 0.25) is 0 Å². The normalized spacial score (nSPS) is 30.5. The van der Waals surface area contributed by atoms with Crippen molar-refractivity contribution in [2.24, 2.45) is 4.99 Å². The maximum Gasteiger partial charge on any atom is 0.258 e. The molecule has 3 fully saturated rings. The number of aliphatic hydroxyl groups is 1. The molecular formula is C24H26ClF2N5O3. The van der Waals surface area contributed by atoms with Crippen LogP contribution in [-0.4, -0.2) is 83.3 Å². The fraction of sp³-hybridized carbons (Fsp3) is 0.458. The molecule has 0 spiro atoms. The minimum absolute atomic E-state index is 0.0407. The first kappa shape index (κ1) is 23.9. The smallest absolute Gasteiger partial charge is 0.258 e. The Balaban J connectivity index is 1.33. The number of likely N-dealkylation sites (tertiary alicyclic amines) is 1. The van der Waals surface area contributed by atoms with Crippen LogP contribution in [0.15, 0.2) is 45.8 Å². The average molecular weight is 506 g/mol. The van der Waals surface area contributed by atoms with Gasteiger partial charge in [0.15, 0.2) is 0 Å². The number of nitrogens with zero attached hydrogens (tertiary/aromatic N) is 3. The zero-order chi connectivity index (χ0) is 24.7. The van der Waals surface area contributed by atoms with E-state index in [1.165, 1.54) is 29.3 Å². The Morgan fingerprint density at radius 1 is 1.31 bits per heavy atom. The summed E-state index contributed by atoms with van der Waals surface area (Å²) in [6.07, 6.45) is 2.95. The topological polar surface area (TPSA) is 101 Å². The van der Waals surface area contributed by atoms with Gasteiger partial charge in [0.25, 0.3) is 5.91 Å². The number of rotatable bonds is 5. The molecule has 1 aromatic rings. The number of benzene rings is 1. The number of carbonyl (C=O) groups excluding carboxylic acids is 1. The van der Waals surface area contributed by atoms with Gasteiger partial charge in [0.1, 0.15) is 29.7 Å². The quantitative estimate of drug-likeness (QED) is 0.571. The van der Waals surface area contributed by atoms with Gasteiger partial charge >= 0.3 is 0 Å². The molecule has 3 N–H and O–H groups in total. The van der Waals surface area contributed by atoms with Gasteiger partial charge in [0, 0.05) is 55.5 Å². The van der Waals surface area contributed by atoms with E-state index >= 15 is 0 Å². The predicted octanol–water partition coefficient (Wildman–Crippen LogP) is 2.58. The Kier molecular flexibility index (Phi) is 6.61. The van der Waals surface area contributed by atoms with Crippen LogP contribution in [0.25, 0.3) is 0 Å². The molecule has 8 nitrogen and oxygen atoms in total.